The van der Waals surface area contributed by atoms with Crippen molar-refractivity contribution >= 4 is 51.8 Å². The third kappa shape index (κ3) is 4.83. The van der Waals surface area contributed by atoms with Crippen LogP contribution in [0.25, 0.3) is 11.3 Å². The topological polar surface area (TPSA) is 70.4 Å². The van der Waals surface area contributed by atoms with E-state index in [1.807, 2.05) is 37.5 Å². The van der Waals surface area contributed by atoms with Crippen LogP contribution in [0.5, 0.6) is 0 Å². The van der Waals surface area contributed by atoms with Crippen molar-refractivity contribution in [2.45, 2.75) is 46.2 Å². The van der Waals surface area contributed by atoms with Gasteiger partial charge in [0.05, 0.1) is 53.6 Å². The van der Waals surface area contributed by atoms with Crippen LogP contribution in [-0.4, -0.2) is 51.7 Å². The van der Waals surface area contributed by atoms with Crippen LogP contribution in [0.2, 0.25) is 5.02 Å². The average molecular weight is 509 g/mol. The molecule has 0 bridgehead atoms. The highest BCUT2D eigenvalue weighted by Crippen LogP contribution is 2.35. The summed E-state index contributed by atoms with van der Waals surface area (Å²) in [6, 6.07) is 9.03. The number of piperazine rings is 1. The fraction of sp³-hybridized carbons (Fsp3) is 0.385. The molecule has 2 aliphatic rings. The zero-order chi connectivity index (χ0) is 24.7. The number of likely N-dealkylation sites (N-methyl/N-ethyl adjacent to an activating group) is 1. The normalized spacial score (nSPS) is 21.6. The number of anilines is 4. The Kier molecular flexibility index (Phi) is 6.61. The summed E-state index contributed by atoms with van der Waals surface area (Å²) in [6.07, 6.45) is 4.40. The molecule has 35 heavy (non-hydrogen) atoms. The smallest absolute Gasteiger partial charge is 0.227 e. The summed E-state index contributed by atoms with van der Waals surface area (Å²) in [6.45, 7) is 12.1. The summed E-state index contributed by atoms with van der Waals surface area (Å²) in [5, 5.41) is 7.36. The lowest BCUT2D eigenvalue weighted by Crippen LogP contribution is -3.21. The third-order valence-corrected chi connectivity index (χ3v) is 7.55. The Labute approximate surface area is 216 Å². The fourth-order valence-corrected chi connectivity index (χ4v) is 5.77. The van der Waals surface area contributed by atoms with Crippen molar-refractivity contribution in [3.8, 4) is 11.3 Å². The summed E-state index contributed by atoms with van der Waals surface area (Å²) in [4.78, 5) is 19.0. The number of halogens is 1. The molecule has 1 unspecified atom stereocenters. The van der Waals surface area contributed by atoms with Gasteiger partial charge in [-0.2, -0.15) is 0 Å². The largest absolute Gasteiger partial charge is 0.358 e. The summed E-state index contributed by atoms with van der Waals surface area (Å²) in [7, 11) is 0. The number of nitrogens with one attached hydrogen (secondary N) is 3. The van der Waals surface area contributed by atoms with E-state index in [4.69, 9.17) is 28.8 Å². The van der Waals surface area contributed by atoms with Gasteiger partial charge in [0.15, 0.2) is 0 Å². The molecule has 4 heterocycles. The fourth-order valence-electron chi connectivity index (χ4n) is 5.33. The molecule has 0 saturated carbocycles. The molecule has 7 nitrogen and oxygen atoms in total. The Morgan fingerprint density at radius 3 is 2.69 bits per heavy atom. The summed E-state index contributed by atoms with van der Waals surface area (Å²) in [5.74, 6) is 0.529. The van der Waals surface area contributed by atoms with Crippen LogP contribution >= 0.6 is 23.8 Å². The predicted octanol–water partition coefficient (Wildman–Crippen LogP) is 4.04. The van der Waals surface area contributed by atoms with Gasteiger partial charge in [-0.25, -0.2) is 9.97 Å². The van der Waals surface area contributed by atoms with Gasteiger partial charge < -0.3 is 20.4 Å². The van der Waals surface area contributed by atoms with Crippen LogP contribution < -0.4 is 20.4 Å². The van der Waals surface area contributed by atoms with Gasteiger partial charge in [0.25, 0.3) is 0 Å². The van der Waals surface area contributed by atoms with Crippen LogP contribution in [0.15, 0.2) is 36.7 Å². The Hall–Kier alpha value is -2.81. The number of fused-ring (bicyclic) bond motifs is 3. The van der Waals surface area contributed by atoms with Crippen LogP contribution in [-0.2, 0) is 6.42 Å². The van der Waals surface area contributed by atoms with E-state index < -0.39 is 0 Å². The number of aryl methyl sites for hydroxylation is 1. The Bertz CT molecular complexity index is 1270. The highest BCUT2D eigenvalue weighted by atomic mass is 35.5. The van der Waals surface area contributed by atoms with Gasteiger partial charge >= 0.3 is 0 Å². The lowest BCUT2D eigenvalue weighted by Gasteiger charge is -2.42. The number of thiocarbonyl (C=S) groups is 1. The van der Waals surface area contributed by atoms with Gasteiger partial charge in [-0.05, 0) is 52.0 Å². The molecule has 0 amide bonds. The molecule has 3 N–H and O–H groups in total. The molecule has 2 aromatic heterocycles. The van der Waals surface area contributed by atoms with Gasteiger partial charge in [0.2, 0.25) is 5.95 Å². The zero-order valence-corrected chi connectivity index (χ0v) is 22.1. The number of pyridine rings is 1. The van der Waals surface area contributed by atoms with Crippen molar-refractivity contribution in [1.82, 2.24) is 15.0 Å². The Morgan fingerprint density at radius 1 is 1.17 bits per heavy atom. The maximum atomic E-state index is 6.23. The monoisotopic (exact) mass is 508 g/mol. The molecule has 182 valence electrons. The van der Waals surface area contributed by atoms with Crippen molar-refractivity contribution < 1.29 is 4.90 Å². The van der Waals surface area contributed by atoms with Crippen molar-refractivity contribution in [3.05, 3.63) is 52.9 Å². The maximum Gasteiger partial charge on any atom is 0.227 e. The molecule has 9 heteroatoms. The second-order valence-corrected chi connectivity index (χ2v) is 10.5. The van der Waals surface area contributed by atoms with Crippen LogP contribution in [0, 0.1) is 6.92 Å². The lowest BCUT2D eigenvalue weighted by atomic mass is 10.1. The first-order valence-corrected chi connectivity index (χ1v) is 12.9. The molecule has 2 aliphatic heterocycles. The minimum atomic E-state index is 0.529. The van der Waals surface area contributed by atoms with E-state index in [0.717, 1.165) is 64.2 Å². The summed E-state index contributed by atoms with van der Waals surface area (Å²) in [5.41, 5.74) is 6.59. The number of quaternary nitrogens is 1. The summed E-state index contributed by atoms with van der Waals surface area (Å²) >= 11 is 11.7. The first kappa shape index (κ1) is 23.9. The van der Waals surface area contributed by atoms with E-state index in [9.17, 15) is 0 Å². The maximum absolute atomic E-state index is 6.23. The van der Waals surface area contributed by atoms with Crippen LogP contribution in [0.1, 0.15) is 32.0 Å². The number of hydrogen-bond donors (Lipinski definition) is 3. The standard InChI is InChI=1S/C26H30ClN7S/c1-5-34-15(2)13-33(14-16(34)3)20-10-22(17(4)28-12-20)31-26-29-11-18-8-24(35)30-23-9-19(27)6-7-21(23)25(18)32-26/h6-7,9-12,15-16H,5,8,13-14H2,1-4H3,(H,30,35)(H,29,31,32)/p+1/t15-,16+. The SMILES string of the molecule is CC[NH+]1[C@H](C)CN(c2cnc(C)c(Nc3ncc4c(n3)-c3ccc(Cl)cc3NC(=S)C4)c2)C[C@@H]1C. The molecule has 3 atom stereocenters. The molecular weight excluding hydrogens is 478 g/mol. The van der Waals surface area contributed by atoms with E-state index in [0.29, 0.717) is 29.5 Å². The molecule has 0 radical (unpaired) electrons. The highest BCUT2D eigenvalue weighted by Gasteiger charge is 2.32. The number of rotatable bonds is 4. The van der Waals surface area contributed by atoms with E-state index in [1.54, 1.807) is 4.90 Å². The number of benzene rings is 1. The van der Waals surface area contributed by atoms with Crippen LogP contribution in [0.3, 0.4) is 0 Å². The molecular formula is C26H31ClN7S+. The predicted molar refractivity (Wildman–Crippen MR) is 147 cm³/mol. The molecule has 1 aromatic carbocycles. The minimum absolute atomic E-state index is 0.529. The minimum Gasteiger partial charge on any atom is -0.358 e. The zero-order valence-electron chi connectivity index (χ0n) is 20.5. The van der Waals surface area contributed by atoms with Crippen molar-refractivity contribution in [2.75, 3.05) is 35.2 Å². The van der Waals surface area contributed by atoms with Gasteiger partial charge in [0.1, 0.15) is 12.1 Å². The van der Waals surface area contributed by atoms with Crippen molar-refractivity contribution in [1.29, 1.82) is 0 Å². The molecule has 0 spiro atoms. The van der Waals surface area contributed by atoms with Crippen molar-refractivity contribution in [2.24, 2.45) is 0 Å². The van der Waals surface area contributed by atoms with E-state index >= 15 is 0 Å². The molecule has 1 fully saturated rings. The van der Waals surface area contributed by atoms with E-state index in [2.05, 4.69) is 52.3 Å². The first-order chi connectivity index (χ1) is 16.8. The second kappa shape index (κ2) is 9.68. The van der Waals surface area contributed by atoms with Gasteiger partial charge in [0, 0.05) is 34.5 Å². The number of hydrogen-bond acceptors (Lipinski definition) is 6. The highest BCUT2D eigenvalue weighted by molar-refractivity contribution is 7.80. The number of nitrogens with zero attached hydrogens (tertiary/aromatic N) is 4. The van der Waals surface area contributed by atoms with Crippen LogP contribution in [0.4, 0.5) is 23.0 Å². The van der Waals surface area contributed by atoms with Crippen molar-refractivity contribution in [3.63, 3.8) is 0 Å². The lowest BCUT2D eigenvalue weighted by molar-refractivity contribution is -0.945. The summed E-state index contributed by atoms with van der Waals surface area (Å²) < 4.78 is 0. The van der Waals surface area contributed by atoms with E-state index in [1.165, 1.54) is 0 Å². The van der Waals surface area contributed by atoms with E-state index in [-0.39, 0.29) is 0 Å². The molecule has 3 aromatic rings. The Balaban J connectivity index is 1.45. The third-order valence-electron chi connectivity index (χ3n) is 7.07. The second-order valence-electron chi connectivity index (χ2n) is 9.57. The van der Waals surface area contributed by atoms with Gasteiger partial charge in [-0.15, -0.1) is 0 Å². The average Bonchev–Trinajstić information content (AvgIpc) is 2.94. The Morgan fingerprint density at radius 2 is 1.94 bits per heavy atom. The molecule has 1 saturated heterocycles. The van der Waals surface area contributed by atoms with Gasteiger partial charge in [-0.1, -0.05) is 23.8 Å². The first-order valence-electron chi connectivity index (χ1n) is 12.1. The quantitative estimate of drug-likeness (QED) is 0.459. The van der Waals surface area contributed by atoms with Gasteiger partial charge in [-0.3, -0.25) is 4.98 Å². The molecule has 0 aliphatic carbocycles. The molecule has 5 rings (SSSR count). The number of aromatic nitrogens is 3.